The zero-order valence-corrected chi connectivity index (χ0v) is 27.5. The molecular weight excluding hydrogens is 605 g/mol. The number of ether oxygens (including phenoxy) is 1. The minimum absolute atomic E-state index is 0.0213. The topological polar surface area (TPSA) is 90.1 Å². The van der Waals surface area contributed by atoms with Crippen molar-refractivity contribution in [2.24, 2.45) is 0 Å². The number of anilines is 1. The standard InChI is InChI=1S/C39H38N4O3S/c1-3-4-19-36-42-43-39(47-36)35(40-34-18-12-11-17-32(34)37(44)29-13-7-5-8-14-29)26-28-20-22-31(23-21-28)45-25-24-33-27(2)46-38(41-33)30-15-9-6-10-16-30/h5-18,20-23,35,40H,3-4,19,24-26H2,1-2H3/t35-/m0/s1. The van der Waals surface area contributed by atoms with E-state index in [2.05, 4.69) is 39.6 Å². The van der Waals surface area contributed by atoms with Crippen molar-refractivity contribution in [3.63, 3.8) is 0 Å². The number of hydrogen-bond acceptors (Lipinski definition) is 8. The monoisotopic (exact) mass is 642 g/mol. The molecule has 8 heteroatoms. The van der Waals surface area contributed by atoms with Gasteiger partial charge in [-0.2, -0.15) is 0 Å². The molecule has 7 nitrogen and oxygen atoms in total. The van der Waals surface area contributed by atoms with Crippen LogP contribution < -0.4 is 10.1 Å². The first-order valence-electron chi connectivity index (χ1n) is 16.1. The van der Waals surface area contributed by atoms with Gasteiger partial charge in [0.15, 0.2) is 5.78 Å². The second-order valence-corrected chi connectivity index (χ2v) is 12.5. The summed E-state index contributed by atoms with van der Waals surface area (Å²) in [5, 5.41) is 14.7. The van der Waals surface area contributed by atoms with Crippen LogP contribution in [-0.2, 0) is 19.3 Å². The Morgan fingerprint density at radius 1 is 0.872 bits per heavy atom. The van der Waals surface area contributed by atoms with Crippen molar-refractivity contribution in [1.29, 1.82) is 0 Å². The van der Waals surface area contributed by atoms with E-state index in [4.69, 9.17) is 9.15 Å². The van der Waals surface area contributed by atoms with Crippen LogP contribution in [-0.4, -0.2) is 27.6 Å². The Bertz CT molecular complexity index is 1890. The van der Waals surface area contributed by atoms with Gasteiger partial charge in [-0.1, -0.05) is 97.5 Å². The van der Waals surface area contributed by atoms with Gasteiger partial charge in [0.1, 0.15) is 21.5 Å². The number of nitrogens with one attached hydrogen (secondary N) is 1. The van der Waals surface area contributed by atoms with Crippen LogP contribution >= 0.6 is 11.3 Å². The van der Waals surface area contributed by atoms with Gasteiger partial charge in [0.25, 0.3) is 0 Å². The van der Waals surface area contributed by atoms with Gasteiger partial charge in [-0.3, -0.25) is 4.79 Å². The molecule has 1 N–H and O–H groups in total. The first kappa shape index (κ1) is 31.9. The number of rotatable bonds is 15. The Kier molecular flexibility index (Phi) is 10.5. The molecule has 47 heavy (non-hydrogen) atoms. The fourth-order valence-electron chi connectivity index (χ4n) is 5.36. The van der Waals surface area contributed by atoms with Crippen LogP contribution in [0.5, 0.6) is 5.75 Å². The van der Waals surface area contributed by atoms with Crippen molar-refractivity contribution in [3.05, 3.63) is 147 Å². The van der Waals surface area contributed by atoms with Crippen LogP contribution in [0.1, 0.15) is 68.8 Å². The molecule has 0 aliphatic heterocycles. The Morgan fingerprint density at radius 2 is 1.60 bits per heavy atom. The zero-order valence-electron chi connectivity index (χ0n) is 26.7. The fourth-order valence-corrected chi connectivity index (χ4v) is 6.30. The Labute approximate surface area is 279 Å². The van der Waals surface area contributed by atoms with E-state index in [1.165, 1.54) is 0 Å². The number of benzene rings is 4. The first-order valence-corrected chi connectivity index (χ1v) is 16.9. The summed E-state index contributed by atoms with van der Waals surface area (Å²) in [5.41, 5.74) is 5.03. The van der Waals surface area contributed by atoms with Crippen LogP contribution in [0.15, 0.2) is 114 Å². The lowest BCUT2D eigenvalue weighted by Gasteiger charge is -2.20. The van der Waals surface area contributed by atoms with Crippen LogP contribution in [0.25, 0.3) is 11.5 Å². The average Bonchev–Trinajstić information content (AvgIpc) is 3.75. The highest BCUT2D eigenvalue weighted by Crippen LogP contribution is 2.30. The third-order valence-electron chi connectivity index (χ3n) is 7.95. The van der Waals surface area contributed by atoms with Gasteiger partial charge in [-0.05, 0) is 61.7 Å². The van der Waals surface area contributed by atoms with E-state index in [9.17, 15) is 4.79 Å². The van der Waals surface area contributed by atoms with E-state index in [1.54, 1.807) is 11.3 Å². The van der Waals surface area contributed by atoms with Crippen LogP contribution in [0.2, 0.25) is 0 Å². The number of aryl methyl sites for hydroxylation is 2. The molecule has 0 amide bonds. The highest BCUT2D eigenvalue weighted by atomic mass is 32.1. The maximum atomic E-state index is 13.5. The predicted octanol–water partition coefficient (Wildman–Crippen LogP) is 9.09. The highest BCUT2D eigenvalue weighted by Gasteiger charge is 2.21. The van der Waals surface area contributed by atoms with E-state index >= 15 is 0 Å². The minimum atomic E-state index is -0.173. The lowest BCUT2D eigenvalue weighted by Crippen LogP contribution is -2.16. The number of ketones is 1. The molecule has 2 aromatic heterocycles. The molecule has 0 saturated carbocycles. The number of aromatic nitrogens is 3. The molecule has 0 radical (unpaired) electrons. The highest BCUT2D eigenvalue weighted by molar-refractivity contribution is 7.11. The molecular formula is C39H38N4O3S. The smallest absolute Gasteiger partial charge is 0.226 e. The largest absolute Gasteiger partial charge is 0.493 e. The third kappa shape index (κ3) is 8.20. The van der Waals surface area contributed by atoms with Crippen molar-refractivity contribution in [3.8, 4) is 17.2 Å². The number of nitrogens with zero attached hydrogens (tertiary/aromatic N) is 3. The summed E-state index contributed by atoms with van der Waals surface area (Å²) in [6.07, 6.45) is 4.41. The number of unbranched alkanes of at least 4 members (excludes halogenated alkanes) is 1. The molecule has 0 saturated heterocycles. The first-order chi connectivity index (χ1) is 23.1. The molecule has 6 aromatic rings. The van der Waals surface area contributed by atoms with Crippen LogP contribution in [0, 0.1) is 6.92 Å². The summed E-state index contributed by atoms with van der Waals surface area (Å²) >= 11 is 1.64. The molecule has 0 unspecified atom stereocenters. The lowest BCUT2D eigenvalue weighted by atomic mass is 10.00. The van der Waals surface area contributed by atoms with E-state index < -0.39 is 0 Å². The molecule has 0 bridgehead atoms. The van der Waals surface area contributed by atoms with Crippen molar-refractivity contribution in [2.75, 3.05) is 11.9 Å². The number of para-hydroxylation sites is 1. The van der Waals surface area contributed by atoms with Crippen LogP contribution in [0.4, 0.5) is 5.69 Å². The second kappa shape index (κ2) is 15.5. The van der Waals surface area contributed by atoms with Gasteiger partial charge >= 0.3 is 0 Å². The molecule has 2 heterocycles. The molecule has 0 aliphatic rings. The summed E-state index contributed by atoms with van der Waals surface area (Å²) in [6.45, 7) is 4.61. The zero-order chi connectivity index (χ0) is 32.4. The predicted molar refractivity (Wildman–Crippen MR) is 187 cm³/mol. The number of carbonyl (C=O) groups is 1. The van der Waals surface area contributed by atoms with Gasteiger partial charge in [-0.25, -0.2) is 4.98 Å². The quantitative estimate of drug-likeness (QED) is 0.112. The number of carbonyl (C=O) groups excluding carboxylic acids is 1. The Balaban J connectivity index is 1.15. The lowest BCUT2D eigenvalue weighted by molar-refractivity contribution is 0.103. The summed E-state index contributed by atoms with van der Waals surface area (Å²) in [7, 11) is 0. The maximum Gasteiger partial charge on any atom is 0.226 e. The van der Waals surface area contributed by atoms with Gasteiger partial charge in [-0.15, -0.1) is 10.2 Å². The van der Waals surface area contributed by atoms with Gasteiger partial charge in [0, 0.05) is 35.2 Å². The Morgan fingerprint density at radius 3 is 2.36 bits per heavy atom. The summed E-state index contributed by atoms with van der Waals surface area (Å²) < 4.78 is 12.0. The van der Waals surface area contributed by atoms with E-state index in [0.717, 1.165) is 63.3 Å². The van der Waals surface area contributed by atoms with Crippen molar-refractivity contribution in [2.45, 2.75) is 52.0 Å². The van der Waals surface area contributed by atoms with E-state index in [0.29, 0.717) is 36.5 Å². The number of oxazole rings is 1. The van der Waals surface area contributed by atoms with E-state index in [1.807, 2.05) is 104 Å². The minimum Gasteiger partial charge on any atom is -0.493 e. The molecule has 0 fully saturated rings. The van der Waals surface area contributed by atoms with E-state index in [-0.39, 0.29) is 11.8 Å². The summed E-state index contributed by atoms with van der Waals surface area (Å²) in [4.78, 5) is 18.2. The van der Waals surface area contributed by atoms with Crippen molar-refractivity contribution >= 4 is 22.8 Å². The van der Waals surface area contributed by atoms with Gasteiger partial charge in [0.05, 0.1) is 18.3 Å². The Hall–Kier alpha value is -5.08. The summed E-state index contributed by atoms with van der Waals surface area (Å²) in [6, 6.07) is 35.0. The van der Waals surface area contributed by atoms with Crippen LogP contribution in [0.3, 0.4) is 0 Å². The van der Waals surface area contributed by atoms with Crippen molar-refractivity contribution < 1.29 is 13.9 Å². The van der Waals surface area contributed by atoms with Crippen molar-refractivity contribution in [1.82, 2.24) is 15.2 Å². The second-order valence-electron chi connectivity index (χ2n) is 11.4. The van der Waals surface area contributed by atoms with Gasteiger partial charge < -0.3 is 14.5 Å². The molecule has 1 atom stereocenters. The third-order valence-corrected chi connectivity index (χ3v) is 9.04. The molecule has 6 rings (SSSR count). The number of hydrogen-bond donors (Lipinski definition) is 1. The molecule has 238 valence electrons. The molecule has 0 spiro atoms. The molecule has 4 aromatic carbocycles. The fraction of sp³-hybridized carbons (Fsp3) is 0.231. The average molecular weight is 643 g/mol. The molecule has 0 aliphatic carbocycles. The summed E-state index contributed by atoms with van der Waals surface area (Å²) in [5.74, 6) is 2.21. The SMILES string of the molecule is CCCCc1nnc([C@H](Cc2ccc(OCCc3nc(-c4ccccc4)oc3C)cc2)Nc2ccccc2C(=O)c2ccccc2)s1. The van der Waals surface area contributed by atoms with Gasteiger partial charge in [0.2, 0.25) is 5.89 Å². The maximum absolute atomic E-state index is 13.5. The normalized spacial score (nSPS) is 11.7.